The summed E-state index contributed by atoms with van der Waals surface area (Å²) in [4.78, 5) is 12.5. The van der Waals surface area contributed by atoms with Gasteiger partial charge in [0.05, 0.1) is 12.0 Å². The van der Waals surface area contributed by atoms with Gasteiger partial charge in [-0.2, -0.15) is 0 Å². The number of amides is 1. The van der Waals surface area contributed by atoms with Crippen molar-refractivity contribution in [1.82, 2.24) is 5.32 Å². The maximum atomic E-state index is 12.5. The monoisotopic (exact) mass is 300 g/mol. The first-order valence-electron chi connectivity index (χ1n) is 8.37. The van der Waals surface area contributed by atoms with Crippen molar-refractivity contribution >= 4 is 12.1 Å². The van der Waals surface area contributed by atoms with E-state index in [2.05, 4.69) is 38.2 Å². The fourth-order valence-corrected chi connectivity index (χ4v) is 3.27. The fraction of sp³-hybridized carbons (Fsp3) is 0.579. The summed E-state index contributed by atoms with van der Waals surface area (Å²) in [5.74, 6) is 0.467. The number of rotatable bonds is 7. The van der Waals surface area contributed by atoms with E-state index in [1.54, 1.807) is 0 Å². The summed E-state index contributed by atoms with van der Waals surface area (Å²) >= 11 is 0. The number of hydrogen-bond donors (Lipinski definition) is 2. The molecule has 22 heavy (non-hydrogen) atoms. The van der Waals surface area contributed by atoms with Crippen LogP contribution in [0.1, 0.15) is 55.9 Å². The molecule has 1 aromatic carbocycles. The normalized spacial score (nSPS) is 16.9. The lowest BCUT2D eigenvalue weighted by atomic mass is 9.91. The van der Waals surface area contributed by atoms with Crippen LogP contribution in [0.2, 0.25) is 0 Å². The minimum Gasteiger partial charge on any atom is -0.345 e. The highest BCUT2D eigenvalue weighted by atomic mass is 16.1. The van der Waals surface area contributed by atoms with Gasteiger partial charge in [0.25, 0.3) is 0 Å². The molecule has 2 N–H and O–H groups in total. The van der Waals surface area contributed by atoms with Gasteiger partial charge in [0, 0.05) is 6.21 Å². The van der Waals surface area contributed by atoms with Gasteiger partial charge in [-0.05, 0) is 62.1 Å². The van der Waals surface area contributed by atoms with Crippen molar-refractivity contribution in [2.45, 2.75) is 65.3 Å². The molecule has 1 aromatic rings. The zero-order chi connectivity index (χ0) is 16.3. The van der Waals surface area contributed by atoms with Gasteiger partial charge < -0.3 is 10.7 Å². The molecule has 0 aromatic heterocycles. The molecule has 0 saturated heterocycles. The standard InChI is InChI=1S/C19H28N2O/c1-5-14-9-13(3)10-15(6-2)17(14)11-18(22)21-19(4,12-20)16-7-8-16/h9-10,12,16,20H,5-8,11H2,1-4H3,(H,21,22). The Labute approximate surface area is 134 Å². The van der Waals surface area contributed by atoms with E-state index in [0.29, 0.717) is 12.3 Å². The number of carbonyl (C=O) groups is 1. The Morgan fingerprint density at radius 1 is 1.32 bits per heavy atom. The lowest BCUT2D eigenvalue weighted by Gasteiger charge is -2.26. The van der Waals surface area contributed by atoms with E-state index in [0.717, 1.165) is 25.7 Å². The summed E-state index contributed by atoms with van der Waals surface area (Å²) in [5.41, 5.74) is 4.52. The Hall–Kier alpha value is -1.64. The lowest BCUT2D eigenvalue weighted by Crippen LogP contribution is -2.49. The van der Waals surface area contributed by atoms with E-state index in [9.17, 15) is 4.79 Å². The topological polar surface area (TPSA) is 53.0 Å². The maximum Gasteiger partial charge on any atom is 0.225 e. The number of aryl methyl sites for hydroxylation is 3. The van der Waals surface area contributed by atoms with E-state index in [1.165, 1.54) is 28.5 Å². The number of carbonyl (C=O) groups excluding carboxylic acids is 1. The molecule has 0 bridgehead atoms. The third kappa shape index (κ3) is 3.57. The summed E-state index contributed by atoms with van der Waals surface area (Å²) < 4.78 is 0. The average Bonchev–Trinajstić information content (AvgIpc) is 3.33. The second kappa shape index (κ2) is 6.64. The van der Waals surface area contributed by atoms with E-state index >= 15 is 0 Å². The number of nitrogens with one attached hydrogen (secondary N) is 2. The first kappa shape index (κ1) is 16.7. The molecule has 1 unspecified atom stereocenters. The van der Waals surface area contributed by atoms with Gasteiger partial charge in [-0.1, -0.05) is 31.5 Å². The zero-order valence-corrected chi connectivity index (χ0v) is 14.3. The highest BCUT2D eigenvalue weighted by Gasteiger charge is 2.41. The third-order valence-electron chi connectivity index (χ3n) is 4.81. The van der Waals surface area contributed by atoms with Crippen LogP contribution in [0.5, 0.6) is 0 Å². The molecular formula is C19H28N2O. The summed E-state index contributed by atoms with van der Waals surface area (Å²) in [6.07, 6.45) is 5.93. The molecule has 1 saturated carbocycles. The number of hydrogen-bond acceptors (Lipinski definition) is 2. The zero-order valence-electron chi connectivity index (χ0n) is 14.3. The van der Waals surface area contributed by atoms with Gasteiger partial charge in [0.15, 0.2) is 0 Å². The van der Waals surface area contributed by atoms with Crippen molar-refractivity contribution in [3.8, 4) is 0 Å². The Morgan fingerprint density at radius 3 is 2.27 bits per heavy atom. The minimum atomic E-state index is -0.472. The molecule has 1 aliphatic rings. The maximum absolute atomic E-state index is 12.5. The highest BCUT2D eigenvalue weighted by molar-refractivity contribution is 5.84. The van der Waals surface area contributed by atoms with E-state index in [-0.39, 0.29) is 5.91 Å². The summed E-state index contributed by atoms with van der Waals surface area (Å²) in [5, 5.41) is 10.7. The summed E-state index contributed by atoms with van der Waals surface area (Å²) in [6, 6.07) is 4.39. The molecule has 0 aliphatic heterocycles. The smallest absolute Gasteiger partial charge is 0.225 e. The van der Waals surface area contributed by atoms with Crippen molar-refractivity contribution in [3.05, 3.63) is 34.4 Å². The molecule has 1 aliphatic carbocycles. The minimum absolute atomic E-state index is 0.0335. The van der Waals surface area contributed by atoms with Gasteiger partial charge in [-0.15, -0.1) is 0 Å². The molecule has 120 valence electrons. The fourth-order valence-electron chi connectivity index (χ4n) is 3.27. The molecule has 1 atom stereocenters. The molecule has 0 spiro atoms. The Balaban J connectivity index is 2.19. The van der Waals surface area contributed by atoms with Crippen molar-refractivity contribution < 1.29 is 4.79 Å². The Morgan fingerprint density at radius 2 is 1.86 bits per heavy atom. The SMILES string of the molecule is CCc1cc(C)cc(CC)c1CC(=O)NC(C)(C=N)C1CC1. The largest absolute Gasteiger partial charge is 0.345 e. The lowest BCUT2D eigenvalue weighted by molar-refractivity contribution is -0.121. The molecule has 3 heteroatoms. The van der Waals surface area contributed by atoms with E-state index in [4.69, 9.17) is 5.41 Å². The van der Waals surface area contributed by atoms with Crippen LogP contribution >= 0.6 is 0 Å². The van der Waals surface area contributed by atoms with Gasteiger partial charge in [0.2, 0.25) is 5.91 Å². The molecular weight excluding hydrogens is 272 g/mol. The first-order valence-corrected chi connectivity index (χ1v) is 8.37. The quantitative estimate of drug-likeness (QED) is 0.743. The van der Waals surface area contributed by atoms with Crippen molar-refractivity contribution in [2.24, 2.45) is 5.92 Å². The van der Waals surface area contributed by atoms with Crippen LogP contribution in [0.4, 0.5) is 0 Å². The summed E-state index contributed by atoms with van der Waals surface area (Å²) in [7, 11) is 0. The van der Waals surface area contributed by atoms with Crippen molar-refractivity contribution in [1.29, 1.82) is 5.41 Å². The van der Waals surface area contributed by atoms with Gasteiger partial charge >= 0.3 is 0 Å². The van der Waals surface area contributed by atoms with Crippen LogP contribution in [0.3, 0.4) is 0 Å². The predicted octanol–water partition coefficient (Wildman–Crippen LogP) is 3.60. The highest BCUT2D eigenvalue weighted by Crippen LogP contribution is 2.38. The molecule has 1 fully saturated rings. The van der Waals surface area contributed by atoms with Gasteiger partial charge in [-0.25, -0.2) is 0 Å². The van der Waals surface area contributed by atoms with E-state index < -0.39 is 5.54 Å². The third-order valence-corrected chi connectivity index (χ3v) is 4.81. The second-order valence-corrected chi connectivity index (χ2v) is 6.70. The van der Waals surface area contributed by atoms with Gasteiger partial charge in [-0.3, -0.25) is 4.79 Å². The molecule has 3 nitrogen and oxygen atoms in total. The van der Waals surface area contributed by atoms with E-state index in [1.807, 2.05) is 6.92 Å². The average molecular weight is 300 g/mol. The van der Waals surface area contributed by atoms with Crippen molar-refractivity contribution in [2.75, 3.05) is 0 Å². The molecule has 1 amide bonds. The van der Waals surface area contributed by atoms with Crippen LogP contribution in [-0.4, -0.2) is 17.7 Å². The molecule has 0 heterocycles. The van der Waals surface area contributed by atoms with Crippen molar-refractivity contribution in [3.63, 3.8) is 0 Å². The van der Waals surface area contributed by atoms with Crippen LogP contribution in [0.25, 0.3) is 0 Å². The van der Waals surface area contributed by atoms with Crippen LogP contribution in [0.15, 0.2) is 12.1 Å². The predicted molar refractivity (Wildman–Crippen MR) is 91.7 cm³/mol. The Kier molecular flexibility index (Phi) is 5.05. The second-order valence-electron chi connectivity index (χ2n) is 6.70. The molecule has 2 rings (SSSR count). The molecule has 0 radical (unpaired) electrons. The van der Waals surface area contributed by atoms with Crippen LogP contribution in [0, 0.1) is 18.3 Å². The summed E-state index contributed by atoms with van der Waals surface area (Å²) in [6.45, 7) is 8.36. The van der Waals surface area contributed by atoms with Gasteiger partial charge in [0.1, 0.15) is 0 Å². The Bertz CT molecular complexity index is 550. The number of benzene rings is 1. The van der Waals surface area contributed by atoms with Crippen LogP contribution < -0.4 is 5.32 Å². The first-order chi connectivity index (χ1) is 10.4. The van der Waals surface area contributed by atoms with Crippen LogP contribution in [-0.2, 0) is 24.1 Å².